The number of nitrogens with one attached hydrogen (secondary N) is 1. The van der Waals surface area contributed by atoms with Gasteiger partial charge in [-0.3, -0.25) is 4.79 Å². The quantitative estimate of drug-likeness (QED) is 0.762. The minimum absolute atomic E-state index is 0. The van der Waals surface area contributed by atoms with E-state index in [9.17, 15) is 4.79 Å². The summed E-state index contributed by atoms with van der Waals surface area (Å²) in [5, 5.41) is 2.79. The summed E-state index contributed by atoms with van der Waals surface area (Å²) >= 11 is 0. The Balaban J connectivity index is 0.00000256. The molecule has 17 heavy (non-hydrogen) atoms. The van der Waals surface area contributed by atoms with Gasteiger partial charge in [-0.15, -0.1) is 12.4 Å². The summed E-state index contributed by atoms with van der Waals surface area (Å²) in [4.78, 5) is 11.6. The molecule has 0 spiro atoms. The van der Waals surface area contributed by atoms with Gasteiger partial charge in [0.2, 0.25) is 0 Å². The third-order valence-electron chi connectivity index (χ3n) is 2.09. The van der Waals surface area contributed by atoms with Crippen LogP contribution in [0.2, 0.25) is 0 Å². The van der Waals surface area contributed by atoms with Crippen LogP contribution < -0.4 is 15.8 Å². The second-order valence-electron chi connectivity index (χ2n) is 3.36. The maximum absolute atomic E-state index is 11.6. The molecule has 5 heteroatoms. The van der Waals surface area contributed by atoms with Gasteiger partial charge in [0.1, 0.15) is 5.75 Å². The maximum Gasteiger partial charge on any atom is 0.251 e. The highest BCUT2D eigenvalue weighted by Crippen LogP contribution is 2.11. The van der Waals surface area contributed by atoms with Crippen molar-refractivity contribution < 1.29 is 9.53 Å². The fraction of sp³-hybridized carbons (Fsp3) is 0.417. The van der Waals surface area contributed by atoms with E-state index < -0.39 is 0 Å². The summed E-state index contributed by atoms with van der Waals surface area (Å²) in [7, 11) is 0. The molecule has 0 aliphatic rings. The number of nitrogens with two attached hydrogens (primary N) is 1. The molecular formula is C12H19ClN2O2. The highest BCUT2D eigenvalue weighted by molar-refractivity contribution is 5.94. The zero-order valence-corrected chi connectivity index (χ0v) is 10.8. The average Bonchev–Trinajstić information content (AvgIpc) is 2.30. The summed E-state index contributed by atoms with van der Waals surface area (Å²) in [5.41, 5.74) is 5.98. The summed E-state index contributed by atoms with van der Waals surface area (Å²) in [6.45, 7) is 3.75. The van der Waals surface area contributed by atoms with E-state index in [2.05, 4.69) is 5.32 Å². The third kappa shape index (κ3) is 5.56. The number of carbonyl (C=O) groups excluding carboxylic acids is 1. The van der Waals surface area contributed by atoms with Gasteiger partial charge in [0.05, 0.1) is 6.61 Å². The normalized spacial score (nSPS) is 9.29. The van der Waals surface area contributed by atoms with Crippen molar-refractivity contribution in [2.45, 2.75) is 13.3 Å². The first-order valence-corrected chi connectivity index (χ1v) is 5.49. The first kappa shape index (κ1) is 15.7. The van der Waals surface area contributed by atoms with Gasteiger partial charge in [-0.1, -0.05) is 0 Å². The van der Waals surface area contributed by atoms with Gasteiger partial charge in [-0.2, -0.15) is 0 Å². The SMILES string of the molecule is CCOc1ccc(C(=O)NCCCN)cc1.Cl. The van der Waals surface area contributed by atoms with E-state index in [1.165, 1.54) is 0 Å². The van der Waals surface area contributed by atoms with Crippen molar-refractivity contribution in [3.63, 3.8) is 0 Å². The molecule has 4 nitrogen and oxygen atoms in total. The predicted molar refractivity (Wildman–Crippen MR) is 70.9 cm³/mol. The summed E-state index contributed by atoms with van der Waals surface area (Å²) < 4.78 is 5.29. The van der Waals surface area contributed by atoms with Gasteiger partial charge in [0.15, 0.2) is 0 Å². The van der Waals surface area contributed by atoms with Crippen LogP contribution in [-0.2, 0) is 0 Å². The lowest BCUT2D eigenvalue weighted by atomic mass is 10.2. The van der Waals surface area contributed by atoms with Crippen LogP contribution in [-0.4, -0.2) is 25.6 Å². The predicted octanol–water partition coefficient (Wildman–Crippen LogP) is 1.59. The standard InChI is InChI=1S/C12H18N2O2.ClH/c1-2-16-11-6-4-10(5-7-11)12(15)14-9-3-8-13;/h4-7H,2-3,8-9,13H2,1H3,(H,14,15);1H. The molecule has 0 saturated carbocycles. The Hall–Kier alpha value is -1.26. The molecule has 96 valence electrons. The van der Waals surface area contributed by atoms with Gasteiger partial charge < -0.3 is 15.8 Å². The second kappa shape index (κ2) is 8.84. The third-order valence-corrected chi connectivity index (χ3v) is 2.09. The van der Waals surface area contributed by atoms with Crippen molar-refractivity contribution in [1.29, 1.82) is 0 Å². The molecule has 0 saturated heterocycles. The van der Waals surface area contributed by atoms with Crippen LogP contribution in [0, 0.1) is 0 Å². The lowest BCUT2D eigenvalue weighted by Gasteiger charge is -2.06. The molecule has 1 amide bonds. The Labute approximate surface area is 108 Å². The number of halogens is 1. The molecule has 0 fully saturated rings. The van der Waals surface area contributed by atoms with E-state index in [0.29, 0.717) is 25.3 Å². The molecule has 0 bridgehead atoms. The molecule has 1 rings (SSSR count). The molecule has 0 aliphatic heterocycles. The van der Waals surface area contributed by atoms with Crippen LogP contribution in [0.4, 0.5) is 0 Å². The Morgan fingerprint density at radius 3 is 2.53 bits per heavy atom. The summed E-state index contributed by atoms with van der Waals surface area (Å²) in [6, 6.07) is 7.09. The van der Waals surface area contributed by atoms with Crippen molar-refractivity contribution >= 4 is 18.3 Å². The highest BCUT2D eigenvalue weighted by Gasteiger charge is 2.04. The van der Waals surface area contributed by atoms with Crippen molar-refractivity contribution in [3.05, 3.63) is 29.8 Å². The van der Waals surface area contributed by atoms with Crippen LogP contribution in [0.5, 0.6) is 5.75 Å². The van der Waals surface area contributed by atoms with Crippen LogP contribution in [0.15, 0.2) is 24.3 Å². The zero-order chi connectivity index (χ0) is 11.8. The lowest BCUT2D eigenvalue weighted by molar-refractivity contribution is 0.0953. The molecule has 0 heterocycles. The maximum atomic E-state index is 11.6. The van der Waals surface area contributed by atoms with Crippen LogP contribution in [0.3, 0.4) is 0 Å². The molecule has 0 aliphatic carbocycles. The van der Waals surface area contributed by atoms with Gasteiger partial charge >= 0.3 is 0 Å². The fourth-order valence-electron chi connectivity index (χ4n) is 1.28. The topological polar surface area (TPSA) is 64.3 Å². The Morgan fingerprint density at radius 1 is 1.35 bits per heavy atom. The smallest absolute Gasteiger partial charge is 0.251 e. The van der Waals surface area contributed by atoms with E-state index >= 15 is 0 Å². The molecule has 1 aromatic rings. The largest absolute Gasteiger partial charge is 0.494 e. The van der Waals surface area contributed by atoms with E-state index in [0.717, 1.165) is 12.2 Å². The number of hydrogen-bond donors (Lipinski definition) is 2. The van der Waals surface area contributed by atoms with Gasteiger partial charge in [0.25, 0.3) is 5.91 Å². The van der Waals surface area contributed by atoms with Crippen LogP contribution >= 0.6 is 12.4 Å². The first-order valence-electron chi connectivity index (χ1n) is 5.49. The monoisotopic (exact) mass is 258 g/mol. The molecule has 1 aromatic carbocycles. The number of ether oxygens (including phenoxy) is 1. The minimum atomic E-state index is -0.0727. The zero-order valence-electron chi connectivity index (χ0n) is 9.94. The van der Waals surface area contributed by atoms with Crippen molar-refractivity contribution in [3.8, 4) is 5.75 Å². The molecule has 3 N–H and O–H groups in total. The Kier molecular flexibility index (Phi) is 8.19. The first-order chi connectivity index (χ1) is 7.77. The van der Waals surface area contributed by atoms with Crippen molar-refractivity contribution in [1.82, 2.24) is 5.32 Å². The lowest BCUT2D eigenvalue weighted by Crippen LogP contribution is -2.25. The van der Waals surface area contributed by atoms with E-state index in [4.69, 9.17) is 10.5 Å². The fourth-order valence-corrected chi connectivity index (χ4v) is 1.28. The number of amides is 1. The summed E-state index contributed by atoms with van der Waals surface area (Å²) in [6.07, 6.45) is 0.794. The van der Waals surface area contributed by atoms with Crippen LogP contribution in [0.1, 0.15) is 23.7 Å². The average molecular weight is 259 g/mol. The van der Waals surface area contributed by atoms with E-state index in [1.54, 1.807) is 24.3 Å². The molecule has 0 unspecified atom stereocenters. The van der Waals surface area contributed by atoms with Crippen molar-refractivity contribution in [2.24, 2.45) is 5.73 Å². The highest BCUT2D eigenvalue weighted by atomic mass is 35.5. The van der Waals surface area contributed by atoms with Crippen LogP contribution in [0.25, 0.3) is 0 Å². The Bertz CT molecular complexity index is 328. The number of hydrogen-bond acceptors (Lipinski definition) is 3. The minimum Gasteiger partial charge on any atom is -0.494 e. The molecular weight excluding hydrogens is 240 g/mol. The second-order valence-corrected chi connectivity index (χ2v) is 3.36. The number of benzene rings is 1. The van der Waals surface area contributed by atoms with Crippen molar-refractivity contribution in [2.75, 3.05) is 19.7 Å². The summed E-state index contributed by atoms with van der Waals surface area (Å²) in [5.74, 6) is 0.706. The van der Waals surface area contributed by atoms with E-state index in [1.807, 2.05) is 6.92 Å². The molecule has 0 radical (unpaired) electrons. The van der Waals surface area contributed by atoms with Gasteiger partial charge in [-0.25, -0.2) is 0 Å². The Morgan fingerprint density at radius 2 is 2.00 bits per heavy atom. The number of carbonyl (C=O) groups is 1. The van der Waals surface area contributed by atoms with Gasteiger partial charge in [0, 0.05) is 12.1 Å². The number of rotatable bonds is 6. The molecule has 0 atom stereocenters. The van der Waals surface area contributed by atoms with Gasteiger partial charge in [-0.05, 0) is 44.2 Å². The molecule has 0 aromatic heterocycles. The van der Waals surface area contributed by atoms with E-state index in [-0.39, 0.29) is 18.3 Å².